The van der Waals surface area contributed by atoms with Gasteiger partial charge in [-0.3, -0.25) is 9.89 Å². The lowest BCUT2D eigenvalue weighted by atomic mass is 10.0. The van der Waals surface area contributed by atoms with E-state index in [1.54, 1.807) is 6.07 Å². The van der Waals surface area contributed by atoms with Crippen LogP contribution in [0, 0.1) is 5.92 Å². The summed E-state index contributed by atoms with van der Waals surface area (Å²) in [6, 6.07) is 8.07. The monoisotopic (exact) mass is 531 g/mol. The fourth-order valence-electron chi connectivity index (χ4n) is 4.28. The fraction of sp³-hybridized carbons (Fsp3) is 0.682. The van der Waals surface area contributed by atoms with Crippen LogP contribution in [0.5, 0.6) is 5.75 Å². The van der Waals surface area contributed by atoms with Gasteiger partial charge in [0.25, 0.3) is 0 Å². The topological polar surface area (TPSA) is 63.6 Å². The van der Waals surface area contributed by atoms with Crippen LogP contribution < -0.4 is 10.2 Å². The summed E-state index contributed by atoms with van der Waals surface area (Å²) in [6.45, 7) is 12.7. The third-order valence-electron chi connectivity index (χ3n) is 5.81. The minimum atomic E-state index is 0. The molecule has 8 heteroatoms. The maximum Gasteiger partial charge on any atom is 0.193 e. The number of para-hydroxylation sites is 2. The van der Waals surface area contributed by atoms with Crippen LogP contribution in [0.2, 0.25) is 0 Å². The molecular formula is C22H38IN5O2. The number of ether oxygens (including phenoxy) is 1. The van der Waals surface area contributed by atoms with Crippen LogP contribution in [-0.4, -0.2) is 93.0 Å². The first-order valence-electron chi connectivity index (χ1n) is 10.9. The minimum absolute atomic E-state index is 0. The Bertz CT molecular complexity index is 659. The van der Waals surface area contributed by atoms with Crippen molar-refractivity contribution in [3.8, 4) is 5.75 Å². The molecule has 2 saturated heterocycles. The zero-order chi connectivity index (χ0) is 20.6. The Hall–Kier alpha value is -1.26. The Morgan fingerprint density at radius 1 is 1.10 bits per heavy atom. The Labute approximate surface area is 198 Å². The number of phenolic OH excluding ortho intramolecular Hbond substituents is 1. The van der Waals surface area contributed by atoms with E-state index in [9.17, 15) is 5.11 Å². The normalized spacial score (nSPS) is 19.5. The SMILES string of the molecule is CN=C(NCC(CC(C)C)N1CCOCC1)N1CCN(c2ccccc2O)CC1.I. The molecule has 1 aromatic carbocycles. The molecule has 2 fully saturated rings. The molecule has 2 aliphatic rings. The van der Waals surface area contributed by atoms with E-state index in [2.05, 4.69) is 38.9 Å². The van der Waals surface area contributed by atoms with Gasteiger partial charge < -0.3 is 25.0 Å². The lowest BCUT2D eigenvalue weighted by molar-refractivity contribution is 0.0131. The lowest BCUT2D eigenvalue weighted by Crippen LogP contribution is -2.55. The first kappa shape index (κ1) is 25.0. The van der Waals surface area contributed by atoms with E-state index in [4.69, 9.17) is 4.74 Å². The number of nitrogens with zero attached hydrogens (tertiary/aromatic N) is 4. The second-order valence-electron chi connectivity index (χ2n) is 8.32. The van der Waals surface area contributed by atoms with Gasteiger partial charge in [0.15, 0.2) is 5.96 Å². The van der Waals surface area contributed by atoms with Crippen molar-refractivity contribution in [2.75, 3.05) is 71.0 Å². The van der Waals surface area contributed by atoms with Crippen molar-refractivity contribution in [3.63, 3.8) is 0 Å². The van der Waals surface area contributed by atoms with Gasteiger partial charge in [-0.05, 0) is 24.5 Å². The largest absolute Gasteiger partial charge is 0.506 e. The molecule has 0 radical (unpaired) electrons. The summed E-state index contributed by atoms with van der Waals surface area (Å²) in [4.78, 5) is 11.7. The summed E-state index contributed by atoms with van der Waals surface area (Å²) in [6.07, 6.45) is 1.17. The predicted molar refractivity (Wildman–Crippen MR) is 134 cm³/mol. The zero-order valence-corrected chi connectivity index (χ0v) is 20.9. The Morgan fingerprint density at radius 3 is 2.37 bits per heavy atom. The van der Waals surface area contributed by atoms with Gasteiger partial charge in [0.1, 0.15) is 5.75 Å². The lowest BCUT2D eigenvalue weighted by Gasteiger charge is -2.39. The number of halogens is 1. The van der Waals surface area contributed by atoms with E-state index < -0.39 is 0 Å². The molecule has 7 nitrogen and oxygen atoms in total. The van der Waals surface area contributed by atoms with Crippen LogP contribution in [-0.2, 0) is 4.74 Å². The van der Waals surface area contributed by atoms with Gasteiger partial charge in [-0.15, -0.1) is 24.0 Å². The molecule has 2 heterocycles. The molecule has 2 N–H and O–H groups in total. The summed E-state index contributed by atoms with van der Waals surface area (Å²) < 4.78 is 5.54. The van der Waals surface area contributed by atoms with Gasteiger partial charge in [-0.2, -0.15) is 0 Å². The van der Waals surface area contributed by atoms with Crippen molar-refractivity contribution in [1.82, 2.24) is 15.1 Å². The van der Waals surface area contributed by atoms with Gasteiger partial charge in [0, 0.05) is 58.9 Å². The first-order chi connectivity index (χ1) is 14.1. The van der Waals surface area contributed by atoms with E-state index in [0.29, 0.717) is 17.7 Å². The average Bonchev–Trinajstić information content (AvgIpc) is 2.74. The predicted octanol–water partition coefficient (Wildman–Crippen LogP) is 2.45. The molecule has 1 unspecified atom stereocenters. The van der Waals surface area contributed by atoms with Crippen molar-refractivity contribution in [1.29, 1.82) is 0 Å². The number of benzene rings is 1. The third kappa shape index (κ3) is 6.88. The number of aromatic hydroxyl groups is 1. The van der Waals surface area contributed by atoms with Gasteiger partial charge in [0.05, 0.1) is 18.9 Å². The number of anilines is 1. The number of phenols is 1. The summed E-state index contributed by atoms with van der Waals surface area (Å²) in [5, 5.41) is 13.8. The summed E-state index contributed by atoms with van der Waals surface area (Å²) in [7, 11) is 1.86. The molecule has 0 aliphatic carbocycles. The van der Waals surface area contributed by atoms with E-state index >= 15 is 0 Å². The number of piperazine rings is 1. The number of hydrogen-bond acceptors (Lipinski definition) is 5. The molecule has 1 aromatic rings. The molecule has 30 heavy (non-hydrogen) atoms. The van der Waals surface area contributed by atoms with E-state index in [0.717, 1.165) is 70.7 Å². The molecule has 2 aliphatic heterocycles. The van der Waals surface area contributed by atoms with Gasteiger partial charge in [-0.1, -0.05) is 26.0 Å². The van der Waals surface area contributed by atoms with Gasteiger partial charge in [0.2, 0.25) is 0 Å². The number of hydrogen-bond donors (Lipinski definition) is 2. The number of rotatable bonds is 6. The Balaban J connectivity index is 0.00000320. The second kappa shape index (κ2) is 12.6. The van der Waals surface area contributed by atoms with Crippen LogP contribution in [0.15, 0.2) is 29.3 Å². The summed E-state index contributed by atoms with van der Waals surface area (Å²) in [5.41, 5.74) is 0.916. The quantitative estimate of drug-likeness (QED) is 0.334. The van der Waals surface area contributed by atoms with Crippen LogP contribution in [0.4, 0.5) is 5.69 Å². The summed E-state index contributed by atoms with van der Waals surface area (Å²) >= 11 is 0. The van der Waals surface area contributed by atoms with Crippen molar-refractivity contribution >= 4 is 35.6 Å². The molecule has 0 aromatic heterocycles. The highest BCUT2D eigenvalue weighted by atomic mass is 127. The van der Waals surface area contributed by atoms with Crippen molar-refractivity contribution in [3.05, 3.63) is 24.3 Å². The molecule has 0 bridgehead atoms. The maximum atomic E-state index is 10.1. The first-order valence-corrected chi connectivity index (χ1v) is 10.9. The highest BCUT2D eigenvalue weighted by molar-refractivity contribution is 14.0. The van der Waals surface area contributed by atoms with Crippen molar-refractivity contribution in [2.45, 2.75) is 26.3 Å². The number of guanidine groups is 1. The maximum absolute atomic E-state index is 10.1. The molecule has 1 atom stereocenters. The van der Waals surface area contributed by atoms with Crippen LogP contribution in [0.1, 0.15) is 20.3 Å². The van der Waals surface area contributed by atoms with Gasteiger partial charge in [-0.25, -0.2) is 0 Å². The van der Waals surface area contributed by atoms with Crippen molar-refractivity contribution < 1.29 is 9.84 Å². The van der Waals surface area contributed by atoms with E-state index in [1.807, 2.05) is 25.2 Å². The van der Waals surface area contributed by atoms with Crippen LogP contribution in [0.25, 0.3) is 0 Å². The highest BCUT2D eigenvalue weighted by Crippen LogP contribution is 2.27. The molecule has 0 amide bonds. The van der Waals surface area contributed by atoms with E-state index in [1.165, 1.54) is 6.42 Å². The average molecular weight is 531 g/mol. The second-order valence-corrected chi connectivity index (χ2v) is 8.32. The third-order valence-corrected chi connectivity index (χ3v) is 5.81. The number of morpholine rings is 1. The Morgan fingerprint density at radius 2 is 1.77 bits per heavy atom. The molecular weight excluding hydrogens is 493 g/mol. The van der Waals surface area contributed by atoms with Crippen molar-refractivity contribution in [2.24, 2.45) is 10.9 Å². The zero-order valence-electron chi connectivity index (χ0n) is 18.6. The minimum Gasteiger partial charge on any atom is -0.506 e. The molecule has 3 rings (SSSR count). The van der Waals surface area contributed by atoms with Crippen LogP contribution in [0.3, 0.4) is 0 Å². The highest BCUT2D eigenvalue weighted by Gasteiger charge is 2.25. The van der Waals surface area contributed by atoms with E-state index in [-0.39, 0.29) is 24.0 Å². The standard InChI is InChI=1S/C22H37N5O2.HI/c1-18(2)16-19(25-12-14-29-15-13-25)17-24-22(23-3)27-10-8-26(9-11-27)20-6-4-5-7-21(20)28;/h4-7,18-19,28H,8-17H2,1-3H3,(H,23,24);1H. The molecule has 0 spiro atoms. The molecule has 170 valence electrons. The van der Waals surface area contributed by atoms with Gasteiger partial charge >= 0.3 is 0 Å². The number of nitrogens with one attached hydrogen (secondary N) is 1. The fourth-order valence-corrected chi connectivity index (χ4v) is 4.28. The Kier molecular flexibility index (Phi) is 10.5. The summed E-state index contributed by atoms with van der Waals surface area (Å²) in [5.74, 6) is 1.99. The smallest absolute Gasteiger partial charge is 0.193 e. The van der Waals surface area contributed by atoms with Crippen LogP contribution >= 0.6 is 24.0 Å². The molecule has 0 saturated carbocycles. The number of aliphatic imine (C=N–C) groups is 1.